The largest absolute Gasteiger partial charge is 0.353 e. The first kappa shape index (κ1) is 23.4. The van der Waals surface area contributed by atoms with Crippen LogP contribution in [0.1, 0.15) is 79.5 Å². The van der Waals surface area contributed by atoms with Crippen LogP contribution in [0.2, 0.25) is 0 Å². The molecule has 176 valence electrons. The first-order chi connectivity index (χ1) is 16.0. The van der Waals surface area contributed by atoms with E-state index in [2.05, 4.69) is 33.5 Å². The van der Waals surface area contributed by atoms with Gasteiger partial charge in [0.25, 0.3) is 5.91 Å². The number of aryl methyl sites for hydroxylation is 1. The van der Waals surface area contributed by atoms with Crippen molar-refractivity contribution in [3.8, 4) is 0 Å². The highest BCUT2D eigenvalue weighted by atomic mass is 16.2. The van der Waals surface area contributed by atoms with E-state index in [1.165, 1.54) is 19.3 Å². The molecule has 2 aromatic rings. The maximum Gasteiger partial charge on any atom is 0.274 e. The second kappa shape index (κ2) is 10.9. The second-order valence-corrected chi connectivity index (χ2v) is 9.63. The van der Waals surface area contributed by atoms with Gasteiger partial charge in [0.05, 0.1) is 0 Å². The number of carbonyl (C=O) groups excluding carboxylic acids is 2. The van der Waals surface area contributed by atoms with Crippen molar-refractivity contribution in [3.63, 3.8) is 0 Å². The highest BCUT2D eigenvalue weighted by Gasteiger charge is 2.29. The highest BCUT2D eigenvalue weighted by Crippen LogP contribution is 2.28. The summed E-state index contributed by atoms with van der Waals surface area (Å²) in [6, 6.07) is 12.3. The summed E-state index contributed by atoms with van der Waals surface area (Å²) in [6.45, 7) is 5.97. The molecule has 33 heavy (non-hydrogen) atoms. The van der Waals surface area contributed by atoms with Gasteiger partial charge in [0.15, 0.2) is 0 Å². The molecule has 2 N–H and O–H groups in total. The average Bonchev–Trinajstić information content (AvgIpc) is 2.84. The maximum absolute atomic E-state index is 12.7. The monoisotopic (exact) mass is 448 g/mol. The Balaban J connectivity index is 1.31. The predicted molar refractivity (Wildman–Crippen MR) is 131 cm³/mol. The molecular formula is C27H36N4O2. The summed E-state index contributed by atoms with van der Waals surface area (Å²) < 4.78 is 0. The van der Waals surface area contributed by atoms with Gasteiger partial charge in [-0.1, -0.05) is 31.4 Å². The van der Waals surface area contributed by atoms with Crippen LogP contribution in [0.3, 0.4) is 0 Å². The molecule has 2 fully saturated rings. The van der Waals surface area contributed by atoms with Gasteiger partial charge in [-0.15, -0.1) is 0 Å². The van der Waals surface area contributed by atoms with Gasteiger partial charge in [-0.05, 0) is 88.0 Å². The fourth-order valence-corrected chi connectivity index (χ4v) is 5.06. The maximum atomic E-state index is 12.7. The van der Waals surface area contributed by atoms with Gasteiger partial charge in [-0.25, -0.2) is 0 Å². The second-order valence-electron chi connectivity index (χ2n) is 9.63. The molecule has 2 aliphatic rings. The van der Waals surface area contributed by atoms with Crippen molar-refractivity contribution >= 4 is 17.5 Å². The third-order valence-corrected chi connectivity index (χ3v) is 7.17. The normalized spacial score (nSPS) is 19.1. The number of benzene rings is 1. The molecule has 2 amide bonds. The summed E-state index contributed by atoms with van der Waals surface area (Å²) >= 11 is 0. The quantitative estimate of drug-likeness (QED) is 0.662. The molecule has 0 spiro atoms. The van der Waals surface area contributed by atoms with Crippen molar-refractivity contribution in [1.82, 2.24) is 15.2 Å². The number of rotatable bonds is 6. The Morgan fingerprint density at radius 1 is 1.03 bits per heavy atom. The molecule has 6 nitrogen and oxygen atoms in total. The number of aromatic nitrogens is 1. The van der Waals surface area contributed by atoms with Crippen LogP contribution < -0.4 is 10.6 Å². The molecule has 1 aromatic carbocycles. The lowest BCUT2D eigenvalue weighted by Crippen LogP contribution is -2.44. The lowest BCUT2D eigenvalue weighted by atomic mass is 9.91. The van der Waals surface area contributed by atoms with Crippen molar-refractivity contribution in [2.75, 3.05) is 18.4 Å². The van der Waals surface area contributed by atoms with Crippen molar-refractivity contribution in [1.29, 1.82) is 0 Å². The van der Waals surface area contributed by atoms with Crippen LogP contribution in [0, 0.1) is 12.8 Å². The van der Waals surface area contributed by atoms with E-state index in [1.54, 1.807) is 12.3 Å². The molecule has 6 heteroatoms. The van der Waals surface area contributed by atoms with E-state index in [4.69, 9.17) is 0 Å². The van der Waals surface area contributed by atoms with Crippen LogP contribution in [0.4, 0.5) is 5.69 Å². The van der Waals surface area contributed by atoms with Crippen molar-refractivity contribution in [3.05, 3.63) is 59.4 Å². The van der Waals surface area contributed by atoms with E-state index in [9.17, 15) is 9.59 Å². The summed E-state index contributed by atoms with van der Waals surface area (Å²) in [7, 11) is 0. The Kier molecular flexibility index (Phi) is 7.76. The third-order valence-electron chi connectivity index (χ3n) is 7.17. The summed E-state index contributed by atoms with van der Waals surface area (Å²) in [5, 5.41) is 6.28. The molecule has 0 radical (unpaired) electrons. The zero-order valence-corrected chi connectivity index (χ0v) is 19.8. The number of amides is 2. The minimum Gasteiger partial charge on any atom is -0.353 e. The number of hydrogen-bond acceptors (Lipinski definition) is 4. The van der Waals surface area contributed by atoms with Crippen molar-refractivity contribution in [2.24, 2.45) is 5.92 Å². The molecule has 1 saturated carbocycles. The minimum atomic E-state index is -0.201. The van der Waals surface area contributed by atoms with Crippen LogP contribution >= 0.6 is 0 Å². The first-order valence-corrected chi connectivity index (χ1v) is 12.4. The van der Waals surface area contributed by atoms with E-state index in [-0.39, 0.29) is 23.8 Å². The molecule has 4 rings (SSSR count). The molecular weight excluding hydrogens is 412 g/mol. The average molecular weight is 449 g/mol. The zero-order valence-electron chi connectivity index (χ0n) is 19.8. The highest BCUT2D eigenvalue weighted by molar-refractivity contribution is 6.02. The number of piperidine rings is 1. The lowest BCUT2D eigenvalue weighted by Gasteiger charge is -2.36. The molecule has 1 atom stereocenters. The number of nitrogens with zero attached hydrogens (tertiary/aromatic N) is 2. The number of likely N-dealkylation sites (tertiary alicyclic amines) is 1. The topological polar surface area (TPSA) is 74.3 Å². The molecule has 1 saturated heterocycles. The van der Waals surface area contributed by atoms with Gasteiger partial charge in [0.2, 0.25) is 5.91 Å². The van der Waals surface area contributed by atoms with Gasteiger partial charge in [-0.3, -0.25) is 19.5 Å². The Morgan fingerprint density at radius 3 is 2.52 bits per heavy atom. The van der Waals surface area contributed by atoms with Gasteiger partial charge < -0.3 is 10.6 Å². The number of hydrogen-bond donors (Lipinski definition) is 2. The van der Waals surface area contributed by atoms with E-state index in [1.807, 2.05) is 31.2 Å². The van der Waals surface area contributed by atoms with Gasteiger partial charge in [0.1, 0.15) is 5.69 Å². The van der Waals surface area contributed by atoms with Crippen LogP contribution in [-0.4, -0.2) is 40.8 Å². The van der Waals surface area contributed by atoms with Gasteiger partial charge in [-0.2, -0.15) is 0 Å². The minimum absolute atomic E-state index is 0.128. The summed E-state index contributed by atoms with van der Waals surface area (Å²) in [4.78, 5) is 31.9. The third kappa shape index (κ3) is 6.20. The van der Waals surface area contributed by atoms with E-state index < -0.39 is 0 Å². The van der Waals surface area contributed by atoms with Gasteiger partial charge in [0, 0.05) is 29.9 Å². The number of carbonyl (C=O) groups is 2. The number of anilines is 1. The van der Waals surface area contributed by atoms with Crippen LogP contribution in [-0.2, 0) is 4.79 Å². The van der Waals surface area contributed by atoms with Crippen LogP contribution in [0.5, 0.6) is 0 Å². The number of nitrogens with one attached hydrogen (secondary N) is 2. The van der Waals surface area contributed by atoms with E-state index >= 15 is 0 Å². The Morgan fingerprint density at radius 2 is 1.79 bits per heavy atom. The van der Waals surface area contributed by atoms with E-state index in [0.717, 1.165) is 55.6 Å². The summed E-state index contributed by atoms with van der Waals surface area (Å²) in [5.74, 6) is 0.180. The standard InChI is InChI=1S/C27H36N4O2/c1-19-11-14-28-25(17-19)27(33)30-24-10-6-7-22(18-24)20(2)31-15-12-21(13-16-31)26(32)29-23-8-4-3-5-9-23/h6-7,10-11,14,17-18,20-21,23H,3-5,8-9,12-13,15-16H2,1-2H3,(H,29,32)(H,30,33). The zero-order chi connectivity index (χ0) is 23.2. The molecule has 1 unspecified atom stereocenters. The van der Waals surface area contributed by atoms with E-state index in [0.29, 0.717) is 11.7 Å². The molecule has 2 heterocycles. The van der Waals surface area contributed by atoms with Crippen LogP contribution in [0.25, 0.3) is 0 Å². The van der Waals surface area contributed by atoms with Crippen molar-refractivity contribution < 1.29 is 9.59 Å². The Labute approximate surface area is 197 Å². The Hall–Kier alpha value is -2.73. The molecule has 0 bridgehead atoms. The summed E-state index contributed by atoms with van der Waals surface area (Å²) in [6.07, 6.45) is 9.50. The molecule has 1 aliphatic carbocycles. The number of pyridine rings is 1. The lowest BCUT2D eigenvalue weighted by molar-refractivity contribution is -0.127. The molecule has 1 aliphatic heterocycles. The molecule has 1 aromatic heterocycles. The smallest absolute Gasteiger partial charge is 0.274 e. The fourth-order valence-electron chi connectivity index (χ4n) is 5.06. The Bertz CT molecular complexity index is 962. The SMILES string of the molecule is Cc1ccnc(C(=O)Nc2cccc(C(C)N3CCC(C(=O)NC4CCCCC4)CC3)c2)c1. The first-order valence-electron chi connectivity index (χ1n) is 12.4. The van der Waals surface area contributed by atoms with Crippen LogP contribution in [0.15, 0.2) is 42.6 Å². The summed E-state index contributed by atoms with van der Waals surface area (Å²) in [5.41, 5.74) is 3.36. The predicted octanol–water partition coefficient (Wildman–Crippen LogP) is 4.86. The van der Waals surface area contributed by atoms with Gasteiger partial charge >= 0.3 is 0 Å². The fraction of sp³-hybridized carbons (Fsp3) is 0.519. The van der Waals surface area contributed by atoms with Crippen molar-refractivity contribution in [2.45, 2.75) is 70.9 Å².